The molecule has 58 valence electrons. The summed E-state index contributed by atoms with van der Waals surface area (Å²) in [6.07, 6.45) is 7.12. The van der Waals surface area contributed by atoms with Crippen molar-refractivity contribution in [3.05, 3.63) is 6.26 Å². The Morgan fingerprint density at radius 1 is 1.50 bits per heavy atom. The van der Waals surface area contributed by atoms with Crippen LogP contribution in [0.25, 0.3) is 0 Å². The highest BCUT2D eigenvalue weighted by Crippen LogP contribution is 2.17. The summed E-state index contributed by atoms with van der Waals surface area (Å²) in [6, 6.07) is 0.557. The van der Waals surface area contributed by atoms with Crippen molar-refractivity contribution in [2.75, 3.05) is 12.3 Å². The molecule has 3 nitrogen and oxygen atoms in total. The molecule has 2 radical (unpaired) electrons. The smallest absolute Gasteiger partial charge is 0.157 e. The fourth-order valence-corrected chi connectivity index (χ4v) is 1.10. The molecule has 1 fully saturated rings. The number of hydrogen-bond donors (Lipinski definition) is 1. The maximum absolute atomic E-state index is 10.4. The van der Waals surface area contributed by atoms with E-state index in [4.69, 9.17) is 6.26 Å². The first-order valence-electron chi connectivity index (χ1n) is 3.32. The third-order valence-corrected chi connectivity index (χ3v) is 2.17. The Bertz CT molecular complexity index is 194. The van der Waals surface area contributed by atoms with Crippen molar-refractivity contribution in [2.24, 2.45) is 0 Å². The second kappa shape index (κ2) is 2.88. The van der Waals surface area contributed by atoms with E-state index < -0.39 is 9.84 Å². The Balaban J connectivity index is 2.04. The van der Waals surface area contributed by atoms with E-state index in [2.05, 4.69) is 5.32 Å². The van der Waals surface area contributed by atoms with Crippen molar-refractivity contribution in [3.8, 4) is 0 Å². The number of rotatable bonds is 4. The lowest BCUT2D eigenvalue weighted by atomic mass is 10.6. The molecule has 4 heteroatoms. The van der Waals surface area contributed by atoms with E-state index in [1.807, 2.05) is 0 Å². The first-order valence-corrected chi connectivity index (χ1v) is 5.03. The molecular formula is C6H11NO2S. The first kappa shape index (κ1) is 8.01. The SMILES string of the molecule is [CH]S(=O)(=O)CCNC1CC1. The highest BCUT2D eigenvalue weighted by Gasteiger charge is 2.20. The van der Waals surface area contributed by atoms with Gasteiger partial charge in [-0.1, -0.05) is 0 Å². The maximum Gasteiger partial charge on any atom is 0.157 e. The molecule has 1 N–H and O–H groups in total. The molecule has 0 atom stereocenters. The van der Waals surface area contributed by atoms with Crippen LogP contribution in [0.15, 0.2) is 0 Å². The third kappa shape index (κ3) is 3.85. The quantitative estimate of drug-likeness (QED) is 0.622. The van der Waals surface area contributed by atoms with Gasteiger partial charge in [-0.3, -0.25) is 0 Å². The van der Waals surface area contributed by atoms with Crippen LogP contribution in [-0.4, -0.2) is 26.8 Å². The predicted octanol–water partition coefficient (Wildman–Crippen LogP) is -0.178. The van der Waals surface area contributed by atoms with Crippen molar-refractivity contribution >= 4 is 9.84 Å². The molecule has 0 amide bonds. The van der Waals surface area contributed by atoms with Crippen LogP contribution in [0.5, 0.6) is 0 Å². The molecule has 0 saturated heterocycles. The van der Waals surface area contributed by atoms with Gasteiger partial charge in [0.05, 0.1) is 12.0 Å². The van der Waals surface area contributed by atoms with E-state index in [1.165, 1.54) is 12.8 Å². The minimum atomic E-state index is -3.25. The standard InChI is InChI=1S/C6H11NO2S/c1-10(8,9)5-4-7-6-2-3-6/h1,6-7H,2-5H2. The molecule has 10 heavy (non-hydrogen) atoms. The van der Waals surface area contributed by atoms with Gasteiger partial charge in [-0.05, 0) is 12.8 Å². The number of sulfone groups is 1. The van der Waals surface area contributed by atoms with Crippen LogP contribution in [0, 0.1) is 6.26 Å². The highest BCUT2D eigenvalue weighted by molar-refractivity contribution is 7.92. The molecule has 0 aromatic rings. The zero-order valence-electron chi connectivity index (χ0n) is 5.71. The van der Waals surface area contributed by atoms with E-state index in [0.717, 1.165) is 0 Å². The minimum absolute atomic E-state index is 0.0451. The van der Waals surface area contributed by atoms with Gasteiger partial charge in [-0.2, -0.15) is 0 Å². The Morgan fingerprint density at radius 2 is 2.10 bits per heavy atom. The second-order valence-electron chi connectivity index (χ2n) is 2.60. The van der Waals surface area contributed by atoms with Gasteiger partial charge >= 0.3 is 0 Å². The monoisotopic (exact) mass is 161 g/mol. The Kier molecular flexibility index (Phi) is 2.31. The molecule has 0 heterocycles. The molecule has 0 spiro atoms. The summed E-state index contributed by atoms with van der Waals surface area (Å²) in [6.45, 7) is 0.490. The average Bonchev–Trinajstić information content (AvgIpc) is 2.45. The molecule has 0 aliphatic heterocycles. The second-order valence-corrected chi connectivity index (χ2v) is 4.33. The van der Waals surface area contributed by atoms with Crippen LogP contribution in [0.1, 0.15) is 12.8 Å². The van der Waals surface area contributed by atoms with Crippen molar-refractivity contribution < 1.29 is 8.42 Å². The first-order chi connectivity index (χ1) is 4.58. The third-order valence-electron chi connectivity index (χ3n) is 1.40. The summed E-state index contributed by atoms with van der Waals surface area (Å²) >= 11 is 0. The van der Waals surface area contributed by atoms with Crippen molar-refractivity contribution in [3.63, 3.8) is 0 Å². The van der Waals surface area contributed by atoms with Crippen LogP contribution in [-0.2, 0) is 9.84 Å². The van der Waals surface area contributed by atoms with E-state index in [9.17, 15) is 8.42 Å². The largest absolute Gasteiger partial charge is 0.313 e. The lowest BCUT2D eigenvalue weighted by Crippen LogP contribution is -2.23. The van der Waals surface area contributed by atoms with Crippen LogP contribution in [0.2, 0.25) is 0 Å². The molecule has 0 bridgehead atoms. The number of hydrogen-bond acceptors (Lipinski definition) is 3. The van der Waals surface area contributed by atoms with Gasteiger partial charge < -0.3 is 5.32 Å². The molecule has 0 unspecified atom stereocenters. The topological polar surface area (TPSA) is 46.2 Å². The molecule has 0 aromatic heterocycles. The van der Waals surface area contributed by atoms with Gasteiger partial charge in [0, 0.05) is 12.6 Å². The molecule has 1 aliphatic carbocycles. The zero-order valence-corrected chi connectivity index (χ0v) is 6.52. The average molecular weight is 161 g/mol. The van der Waals surface area contributed by atoms with Crippen molar-refractivity contribution in [1.82, 2.24) is 5.32 Å². The summed E-state index contributed by atoms with van der Waals surface area (Å²) in [7, 11) is -3.25. The highest BCUT2D eigenvalue weighted by atomic mass is 32.2. The van der Waals surface area contributed by atoms with Crippen LogP contribution >= 0.6 is 0 Å². The fourth-order valence-electron chi connectivity index (χ4n) is 0.693. The van der Waals surface area contributed by atoms with Gasteiger partial charge in [0.2, 0.25) is 0 Å². The fraction of sp³-hybridized carbons (Fsp3) is 0.833. The molecule has 1 rings (SSSR count). The Hall–Kier alpha value is -0.0900. The van der Waals surface area contributed by atoms with Crippen molar-refractivity contribution in [1.29, 1.82) is 0 Å². The van der Waals surface area contributed by atoms with Crippen LogP contribution in [0.3, 0.4) is 0 Å². The van der Waals surface area contributed by atoms with Gasteiger partial charge in [0.25, 0.3) is 0 Å². The van der Waals surface area contributed by atoms with Crippen molar-refractivity contribution in [2.45, 2.75) is 18.9 Å². The van der Waals surface area contributed by atoms with Gasteiger partial charge in [0.1, 0.15) is 0 Å². The van der Waals surface area contributed by atoms with E-state index in [0.29, 0.717) is 12.6 Å². The van der Waals surface area contributed by atoms with E-state index >= 15 is 0 Å². The van der Waals surface area contributed by atoms with E-state index in [-0.39, 0.29) is 5.75 Å². The van der Waals surface area contributed by atoms with Crippen LogP contribution < -0.4 is 5.32 Å². The Labute approximate surface area is 61.7 Å². The van der Waals surface area contributed by atoms with Crippen LogP contribution in [0.4, 0.5) is 0 Å². The normalized spacial score (nSPS) is 19.3. The predicted molar refractivity (Wildman–Crippen MR) is 39.1 cm³/mol. The van der Waals surface area contributed by atoms with Gasteiger partial charge in [0.15, 0.2) is 9.84 Å². The summed E-state index contributed by atoms with van der Waals surface area (Å²) in [5.74, 6) is 0.0451. The maximum atomic E-state index is 10.4. The summed E-state index contributed by atoms with van der Waals surface area (Å²) in [4.78, 5) is 0. The summed E-state index contributed by atoms with van der Waals surface area (Å²) < 4.78 is 20.7. The molecule has 1 saturated carbocycles. The number of nitrogens with one attached hydrogen (secondary N) is 1. The lowest BCUT2D eigenvalue weighted by molar-refractivity contribution is 0.598. The minimum Gasteiger partial charge on any atom is -0.313 e. The molecule has 1 aliphatic rings. The lowest BCUT2D eigenvalue weighted by Gasteiger charge is -1.98. The summed E-state index contributed by atoms with van der Waals surface area (Å²) in [5.41, 5.74) is 0. The molecular weight excluding hydrogens is 150 g/mol. The molecule has 0 aromatic carbocycles. The van der Waals surface area contributed by atoms with Gasteiger partial charge in [-0.25, -0.2) is 8.42 Å². The van der Waals surface area contributed by atoms with Gasteiger partial charge in [-0.15, -0.1) is 0 Å². The Morgan fingerprint density at radius 3 is 2.50 bits per heavy atom. The van der Waals surface area contributed by atoms with E-state index in [1.54, 1.807) is 0 Å². The summed E-state index contributed by atoms with van der Waals surface area (Å²) in [5, 5.41) is 3.05. The zero-order chi connectivity index (χ0) is 7.61.